The maximum absolute atomic E-state index is 13.3. The van der Waals surface area contributed by atoms with Gasteiger partial charge in [0, 0.05) is 42.6 Å². The van der Waals surface area contributed by atoms with Gasteiger partial charge in [0.05, 0.1) is 12.5 Å². The average molecular weight is 529 g/mol. The number of esters is 1. The largest absolute Gasteiger partial charge is 0.460 e. The van der Waals surface area contributed by atoms with E-state index < -0.39 is 24.2 Å². The molecule has 0 N–H and O–H groups in total. The van der Waals surface area contributed by atoms with Crippen LogP contribution in [-0.4, -0.2) is 37.3 Å². The SMILES string of the molecule is CC(C)(C)OC(=O)C[C@@H](c1ccc(OC(F)F)nc1)n1ccn(CCCc2ccc3c(n2)CCCC3)c1=O. The van der Waals surface area contributed by atoms with Gasteiger partial charge in [-0.2, -0.15) is 8.78 Å². The van der Waals surface area contributed by atoms with Crippen LogP contribution in [0.25, 0.3) is 0 Å². The predicted molar refractivity (Wildman–Crippen MR) is 137 cm³/mol. The summed E-state index contributed by atoms with van der Waals surface area (Å²) in [5.41, 5.74) is 3.07. The summed E-state index contributed by atoms with van der Waals surface area (Å²) in [7, 11) is 0. The second-order valence-corrected chi connectivity index (χ2v) is 10.5. The zero-order chi connectivity index (χ0) is 27.3. The molecule has 8 nitrogen and oxygen atoms in total. The van der Waals surface area contributed by atoms with Crippen molar-refractivity contribution in [3.05, 3.63) is 75.9 Å². The highest BCUT2D eigenvalue weighted by atomic mass is 19.3. The predicted octanol–water partition coefficient (Wildman–Crippen LogP) is 4.87. The van der Waals surface area contributed by atoms with Gasteiger partial charge in [-0.05, 0) is 76.5 Å². The second-order valence-electron chi connectivity index (χ2n) is 10.5. The van der Waals surface area contributed by atoms with E-state index in [4.69, 9.17) is 9.72 Å². The Hall–Kier alpha value is -3.56. The van der Waals surface area contributed by atoms with Crippen LogP contribution in [0.5, 0.6) is 5.88 Å². The maximum atomic E-state index is 13.3. The Morgan fingerprint density at radius 2 is 1.89 bits per heavy atom. The van der Waals surface area contributed by atoms with Crippen molar-refractivity contribution in [3.8, 4) is 5.88 Å². The average Bonchev–Trinajstić information content (AvgIpc) is 3.21. The number of hydrogen-bond acceptors (Lipinski definition) is 6. The highest BCUT2D eigenvalue weighted by molar-refractivity contribution is 5.71. The Labute approximate surface area is 220 Å². The van der Waals surface area contributed by atoms with Gasteiger partial charge in [-0.1, -0.05) is 12.1 Å². The second kappa shape index (κ2) is 11.9. The van der Waals surface area contributed by atoms with Gasteiger partial charge in [0.2, 0.25) is 5.88 Å². The number of halogens is 2. The van der Waals surface area contributed by atoms with Crippen molar-refractivity contribution in [2.24, 2.45) is 0 Å². The maximum Gasteiger partial charge on any atom is 0.388 e. The number of imidazole rings is 1. The number of carbonyl (C=O) groups excluding carboxylic acids is 1. The molecule has 0 saturated heterocycles. The van der Waals surface area contributed by atoms with E-state index in [2.05, 4.69) is 21.9 Å². The van der Waals surface area contributed by atoms with Crippen molar-refractivity contribution in [1.82, 2.24) is 19.1 Å². The minimum absolute atomic E-state index is 0.128. The van der Waals surface area contributed by atoms with Gasteiger partial charge in [0.15, 0.2) is 0 Å². The molecule has 3 aromatic rings. The van der Waals surface area contributed by atoms with Crippen molar-refractivity contribution in [2.75, 3.05) is 0 Å². The molecule has 10 heteroatoms. The van der Waals surface area contributed by atoms with Crippen LogP contribution in [0.1, 0.15) is 75.0 Å². The van der Waals surface area contributed by atoms with E-state index in [1.54, 1.807) is 37.7 Å². The molecule has 0 bridgehead atoms. The fourth-order valence-electron chi connectivity index (χ4n) is 4.70. The summed E-state index contributed by atoms with van der Waals surface area (Å²) < 4.78 is 37.9. The molecule has 38 heavy (non-hydrogen) atoms. The summed E-state index contributed by atoms with van der Waals surface area (Å²) in [6.07, 6.45) is 10.5. The number of fused-ring (bicyclic) bond motifs is 1. The molecule has 1 aliphatic carbocycles. The van der Waals surface area contributed by atoms with Crippen molar-refractivity contribution < 1.29 is 23.0 Å². The van der Waals surface area contributed by atoms with Gasteiger partial charge < -0.3 is 9.47 Å². The Balaban J connectivity index is 1.49. The van der Waals surface area contributed by atoms with E-state index >= 15 is 0 Å². The first-order valence-electron chi connectivity index (χ1n) is 13.0. The molecule has 3 aromatic heterocycles. The van der Waals surface area contributed by atoms with E-state index in [9.17, 15) is 18.4 Å². The Bertz CT molecular complexity index is 1300. The van der Waals surface area contributed by atoms with E-state index in [0.29, 0.717) is 12.1 Å². The van der Waals surface area contributed by atoms with Gasteiger partial charge in [-0.15, -0.1) is 0 Å². The van der Waals surface area contributed by atoms with Crippen LogP contribution in [0.3, 0.4) is 0 Å². The van der Waals surface area contributed by atoms with Crippen LogP contribution in [0.4, 0.5) is 8.78 Å². The van der Waals surface area contributed by atoms with E-state index in [-0.39, 0.29) is 18.0 Å². The van der Waals surface area contributed by atoms with E-state index in [0.717, 1.165) is 31.4 Å². The van der Waals surface area contributed by atoms with Crippen LogP contribution < -0.4 is 10.4 Å². The Morgan fingerprint density at radius 3 is 2.61 bits per heavy atom. The van der Waals surface area contributed by atoms with Crippen LogP contribution in [-0.2, 0) is 35.3 Å². The van der Waals surface area contributed by atoms with Gasteiger partial charge >= 0.3 is 18.3 Å². The molecule has 0 aliphatic heterocycles. The van der Waals surface area contributed by atoms with E-state index in [1.165, 1.54) is 47.0 Å². The molecule has 1 aliphatic rings. The fourth-order valence-corrected chi connectivity index (χ4v) is 4.70. The minimum Gasteiger partial charge on any atom is -0.460 e. The van der Waals surface area contributed by atoms with Crippen LogP contribution >= 0.6 is 0 Å². The zero-order valence-electron chi connectivity index (χ0n) is 22.0. The highest BCUT2D eigenvalue weighted by Gasteiger charge is 2.25. The molecule has 3 heterocycles. The van der Waals surface area contributed by atoms with E-state index in [1.807, 2.05) is 0 Å². The lowest BCUT2D eigenvalue weighted by atomic mass is 9.95. The molecule has 0 amide bonds. The lowest BCUT2D eigenvalue weighted by Crippen LogP contribution is -2.31. The summed E-state index contributed by atoms with van der Waals surface area (Å²) in [5, 5.41) is 0. The number of ether oxygens (including phenoxy) is 2. The molecular formula is C28H34F2N4O4. The van der Waals surface area contributed by atoms with Gasteiger partial charge in [-0.25, -0.2) is 9.78 Å². The molecule has 0 saturated carbocycles. The topological polar surface area (TPSA) is 88.2 Å². The third kappa shape index (κ3) is 7.26. The Morgan fingerprint density at radius 1 is 1.11 bits per heavy atom. The monoisotopic (exact) mass is 528 g/mol. The fraction of sp³-hybridized carbons (Fsp3) is 0.500. The van der Waals surface area contributed by atoms with Gasteiger partial charge in [0.1, 0.15) is 5.60 Å². The van der Waals surface area contributed by atoms with Gasteiger partial charge in [0.25, 0.3) is 0 Å². The third-order valence-electron chi connectivity index (χ3n) is 6.41. The molecule has 0 spiro atoms. The molecule has 0 unspecified atom stereocenters. The third-order valence-corrected chi connectivity index (χ3v) is 6.41. The van der Waals surface area contributed by atoms with Crippen LogP contribution in [0.2, 0.25) is 0 Å². The molecule has 0 fully saturated rings. The number of carbonyl (C=O) groups is 1. The molecule has 1 atom stereocenters. The number of aromatic nitrogens is 4. The van der Waals surface area contributed by atoms with Crippen molar-refractivity contribution in [1.29, 1.82) is 0 Å². The summed E-state index contributed by atoms with van der Waals surface area (Å²) in [6, 6.07) is 6.33. The quantitative estimate of drug-likeness (QED) is 0.349. The normalized spacial score (nSPS) is 14.3. The lowest BCUT2D eigenvalue weighted by molar-refractivity contribution is -0.155. The zero-order valence-corrected chi connectivity index (χ0v) is 22.0. The summed E-state index contributed by atoms with van der Waals surface area (Å²) in [6.45, 7) is 2.77. The summed E-state index contributed by atoms with van der Waals surface area (Å²) in [4.78, 5) is 34.7. The standard InChI is InChI=1S/C28H34F2N4O4/c1-28(2,3)38-25(35)17-23(20-11-13-24(31-18-20)37-26(29)30)34-16-15-33(27(34)36)14-6-8-21-12-10-19-7-4-5-9-22(19)32-21/h10-13,15-16,18,23,26H,4-9,14,17H2,1-3H3/t23-/m0/s1. The number of pyridine rings is 2. The molecular weight excluding hydrogens is 494 g/mol. The smallest absolute Gasteiger partial charge is 0.388 e. The minimum atomic E-state index is -3.00. The lowest BCUT2D eigenvalue weighted by Gasteiger charge is -2.23. The summed E-state index contributed by atoms with van der Waals surface area (Å²) in [5.74, 6) is -0.742. The van der Waals surface area contributed by atoms with Crippen molar-refractivity contribution in [2.45, 2.75) is 90.5 Å². The number of nitrogens with zero attached hydrogens (tertiary/aromatic N) is 4. The Kier molecular flexibility index (Phi) is 8.58. The van der Waals surface area contributed by atoms with Crippen molar-refractivity contribution in [3.63, 3.8) is 0 Å². The number of hydrogen-bond donors (Lipinski definition) is 0. The molecule has 4 rings (SSSR count). The first-order valence-corrected chi connectivity index (χ1v) is 13.0. The number of rotatable bonds is 10. The molecule has 0 radical (unpaired) electrons. The number of aryl methyl sites for hydroxylation is 4. The van der Waals surface area contributed by atoms with Gasteiger partial charge in [-0.3, -0.25) is 18.9 Å². The molecule has 204 valence electrons. The van der Waals surface area contributed by atoms with Crippen LogP contribution in [0, 0.1) is 0 Å². The highest BCUT2D eigenvalue weighted by Crippen LogP contribution is 2.24. The summed E-state index contributed by atoms with van der Waals surface area (Å²) >= 11 is 0. The number of alkyl halides is 2. The first kappa shape index (κ1) is 27.5. The first-order chi connectivity index (χ1) is 18.1. The van der Waals surface area contributed by atoms with Crippen molar-refractivity contribution >= 4 is 5.97 Å². The molecule has 0 aromatic carbocycles. The van der Waals surface area contributed by atoms with Crippen LogP contribution in [0.15, 0.2) is 47.7 Å².